The second-order valence-electron chi connectivity index (χ2n) is 5.14. The Balaban J connectivity index is 1.65. The predicted molar refractivity (Wildman–Crippen MR) is 65.6 cm³/mol. The van der Waals surface area contributed by atoms with E-state index in [4.69, 9.17) is 0 Å². The molecule has 16 heavy (non-hydrogen) atoms. The molecule has 0 aromatic rings. The lowest BCUT2D eigenvalue weighted by Crippen LogP contribution is -2.41. The Bertz CT molecular complexity index is 214. The van der Waals surface area contributed by atoms with E-state index in [1.54, 1.807) is 0 Å². The van der Waals surface area contributed by atoms with Gasteiger partial charge < -0.3 is 9.69 Å². The van der Waals surface area contributed by atoms with Crippen LogP contribution in [0.15, 0.2) is 0 Å². The summed E-state index contributed by atoms with van der Waals surface area (Å²) in [6.07, 6.45) is 8.70. The predicted octanol–water partition coefficient (Wildman–Crippen LogP) is 1.53. The van der Waals surface area contributed by atoms with Crippen LogP contribution in [-0.4, -0.2) is 54.9 Å². The van der Waals surface area contributed by atoms with Gasteiger partial charge in [0.05, 0.1) is 6.04 Å². The van der Waals surface area contributed by atoms with Gasteiger partial charge in [-0.25, -0.2) is 0 Å². The van der Waals surface area contributed by atoms with Crippen LogP contribution in [0.5, 0.6) is 0 Å². The molecule has 2 saturated heterocycles. The van der Waals surface area contributed by atoms with E-state index in [9.17, 15) is 4.79 Å². The second-order valence-corrected chi connectivity index (χ2v) is 5.14. The lowest BCUT2D eigenvalue weighted by atomic mass is 10.0. The van der Waals surface area contributed by atoms with Crippen molar-refractivity contribution in [3.8, 4) is 0 Å². The minimum Gasteiger partial charge on any atom is -0.303 e. The zero-order valence-corrected chi connectivity index (χ0v) is 10.2. The number of piperidine rings is 1. The molecule has 2 rings (SSSR count). The van der Waals surface area contributed by atoms with E-state index in [-0.39, 0.29) is 6.04 Å². The second kappa shape index (κ2) is 6.36. The van der Waals surface area contributed by atoms with Gasteiger partial charge in [-0.3, -0.25) is 4.90 Å². The highest BCUT2D eigenvalue weighted by atomic mass is 16.1. The van der Waals surface area contributed by atoms with Crippen molar-refractivity contribution in [2.24, 2.45) is 0 Å². The Morgan fingerprint density at radius 3 is 2.50 bits per heavy atom. The Morgan fingerprint density at radius 2 is 1.75 bits per heavy atom. The van der Waals surface area contributed by atoms with Crippen molar-refractivity contribution >= 4 is 6.29 Å². The smallest absolute Gasteiger partial charge is 0.137 e. The molecule has 2 aliphatic rings. The molecule has 1 atom stereocenters. The van der Waals surface area contributed by atoms with Crippen LogP contribution in [0.2, 0.25) is 0 Å². The fourth-order valence-electron chi connectivity index (χ4n) is 2.95. The number of aldehydes is 1. The molecule has 2 aliphatic heterocycles. The summed E-state index contributed by atoms with van der Waals surface area (Å²) in [6.45, 7) is 6.04. The standard InChI is InChI=1S/C13H24N2O/c16-12-13-6-1-2-10-15(13)11-5-9-14-7-3-4-8-14/h12-13H,1-11H2. The highest BCUT2D eigenvalue weighted by Crippen LogP contribution is 2.16. The van der Waals surface area contributed by atoms with E-state index >= 15 is 0 Å². The summed E-state index contributed by atoms with van der Waals surface area (Å²) in [5.41, 5.74) is 0. The van der Waals surface area contributed by atoms with E-state index in [0.717, 1.165) is 25.8 Å². The molecular formula is C13H24N2O. The monoisotopic (exact) mass is 224 g/mol. The fraction of sp³-hybridized carbons (Fsp3) is 0.923. The van der Waals surface area contributed by atoms with Gasteiger partial charge in [0, 0.05) is 6.54 Å². The summed E-state index contributed by atoms with van der Waals surface area (Å²) >= 11 is 0. The van der Waals surface area contributed by atoms with Crippen molar-refractivity contribution in [2.75, 3.05) is 32.7 Å². The summed E-state index contributed by atoms with van der Waals surface area (Å²) in [5, 5.41) is 0. The van der Waals surface area contributed by atoms with E-state index < -0.39 is 0 Å². The number of hydrogen-bond acceptors (Lipinski definition) is 3. The highest BCUT2D eigenvalue weighted by Gasteiger charge is 2.21. The van der Waals surface area contributed by atoms with Gasteiger partial charge >= 0.3 is 0 Å². The van der Waals surface area contributed by atoms with Crippen LogP contribution < -0.4 is 0 Å². The first-order valence-corrected chi connectivity index (χ1v) is 6.82. The number of nitrogens with zero attached hydrogens (tertiary/aromatic N) is 2. The van der Waals surface area contributed by atoms with E-state index in [1.807, 2.05) is 0 Å². The third kappa shape index (κ3) is 3.29. The SMILES string of the molecule is O=CC1CCCCN1CCCN1CCCC1. The largest absolute Gasteiger partial charge is 0.303 e. The number of rotatable bonds is 5. The summed E-state index contributed by atoms with van der Waals surface area (Å²) in [6, 6.07) is 0.215. The van der Waals surface area contributed by atoms with Crippen LogP contribution in [0.25, 0.3) is 0 Å². The van der Waals surface area contributed by atoms with Crippen molar-refractivity contribution in [1.29, 1.82) is 0 Å². The number of carbonyl (C=O) groups excluding carboxylic acids is 1. The maximum atomic E-state index is 10.9. The quantitative estimate of drug-likeness (QED) is 0.662. The molecule has 0 spiro atoms. The van der Waals surface area contributed by atoms with Crippen molar-refractivity contribution in [3.63, 3.8) is 0 Å². The molecule has 0 amide bonds. The summed E-state index contributed by atoms with van der Waals surface area (Å²) in [5.74, 6) is 0. The van der Waals surface area contributed by atoms with Crippen molar-refractivity contribution < 1.29 is 4.79 Å². The Kier molecular flexibility index (Phi) is 4.79. The third-order valence-electron chi connectivity index (χ3n) is 3.94. The summed E-state index contributed by atoms with van der Waals surface area (Å²) in [4.78, 5) is 15.9. The zero-order valence-electron chi connectivity index (χ0n) is 10.2. The topological polar surface area (TPSA) is 23.6 Å². The average Bonchev–Trinajstić information content (AvgIpc) is 2.83. The van der Waals surface area contributed by atoms with Crippen molar-refractivity contribution in [1.82, 2.24) is 9.80 Å². The highest BCUT2D eigenvalue weighted by molar-refractivity contribution is 5.57. The molecule has 2 fully saturated rings. The first kappa shape index (κ1) is 12.1. The molecule has 0 N–H and O–H groups in total. The number of likely N-dealkylation sites (tertiary alicyclic amines) is 2. The fourth-order valence-corrected chi connectivity index (χ4v) is 2.95. The number of carbonyl (C=O) groups is 1. The van der Waals surface area contributed by atoms with Gasteiger partial charge in [0.2, 0.25) is 0 Å². The lowest BCUT2D eigenvalue weighted by molar-refractivity contribution is -0.113. The van der Waals surface area contributed by atoms with Crippen LogP contribution in [0, 0.1) is 0 Å². The maximum Gasteiger partial charge on any atom is 0.137 e. The van der Waals surface area contributed by atoms with Crippen molar-refractivity contribution in [2.45, 2.75) is 44.6 Å². The average molecular weight is 224 g/mol. The molecule has 0 aromatic heterocycles. The molecule has 0 aromatic carbocycles. The van der Waals surface area contributed by atoms with Gasteiger partial charge in [0.25, 0.3) is 0 Å². The van der Waals surface area contributed by atoms with Crippen molar-refractivity contribution in [3.05, 3.63) is 0 Å². The minimum absolute atomic E-state index is 0.215. The molecule has 3 nitrogen and oxygen atoms in total. The molecule has 0 radical (unpaired) electrons. The molecule has 2 heterocycles. The van der Waals surface area contributed by atoms with Crippen LogP contribution >= 0.6 is 0 Å². The van der Waals surface area contributed by atoms with Crippen LogP contribution in [0.1, 0.15) is 38.5 Å². The minimum atomic E-state index is 0.215. The van der Waals surface area contributed by atoms with E-state index in [2.05, 4.69) is 9.80 Å². The third-order valence-corrected chi connectivity index (χ3v) is 3.94. The number of hydrogen-bond donors (Lipinski definition) is 0. The summed E-state index contributed by atoms with van der Waals surface area (Å²) in [7, 11) is 0. The summed E-state index contributed by atoms with van der Waals surface area (Å²) < 4.78 is 0. The zero-order chi connectivity index (χ0) is 11.2. The Hall–Kier alpha value is -0.410. The molecular weight excluding hydrogens is 200 g/mol. The molecule has 92 valence electrons. The van der Waals surface area contributed by atoms with Crippen LogP contribution in [0.4, 0.5) is 0 Å². The van der Waals surface area contributed by atoms with E-state index in [0.29, 0.717) is 0 Å². The maximum absolute atomic E-state index is 10.9. The van der Waals surface area contributed by atoms with E-state index in [1.165, 1.54) is 51.7 Å². The normalized spacial score (nSPS) is 28.4. The molecule has 0 saturated carbocycles. The lowest BCUT2D eigenvalue weighted by Gasteiger charge is -2.32. The van der Waals surface area contributed by atoms with Gasteiger partial charge in [0.1, 0.15) is 6.29 Å². The first-order valence-electron chi connectivity index (χ1n) is 6.82. The van der Waals surface area contributed by atoms with Gasteiger partial charge in [-0.05, 0) is 58.3 Å². The first-order chi connectivity index (χ1) is 7.90. The molecule has 3 heteroatoms. The van der Waals surface area contributed by atoms with Gasteiger partial charge in [0.15, 0.2) is 0 Å². The van der Waals surface area contributed by atoms with Gasteiger partial charge in [-0.1, -0.05) is 6.42 Å². The molecule has 0 aliphatic carbocycles. The van der Waals surface area contributed by atoms with Crippen LogP contribution in [-0.2, 0) is 4.79 Å². The van der Waals surface area contributed by atoms with Gasteiger partial charge in [-0.2, -0.15) is 0 Å². The van der Waals surface area contributed by atoms with Crippen LogP contribution in [0.3, 0.4) is 0 Å². The molecule has 1 unspecified atom stereocenters. The Labute approximate surface area is 98.8 Å². The Morgan fingerprint density at radius 1 is 1.00 bits per heavy atom. The van der Waals surface area contributed by atoms with Gasteiger partial charge in [-0.15, -0.1) is 0 Å². The molecule has 0 bridgehead atoms.